The monoisotopic (exact) mass is 193 g/mol. The normalized spacial score (nSPS) is 10.4. The number of rotatable bonds is 1. The SMILES string of the molecule is Cc1nc(O)c(-n2cncn2)c(=O)[nH]1. The smallest absolute Gasteiger partial charge is 0.280 e. The van der Waals surface area contributed by atoms with E-state index in [-0.39, 0.29) is 11.6 Å². The Bertz CT molecular complexity index is 501. The summed E-state index contributed by atoms with van der Waals surface area (Å²) in [6, 6.07) is 0. The zero-order valence-corrected chi connectivity index (χ0v) is 7.30. The fraction of sp³-hybridized carbons (Fsp3) is 0.143. The molecule has 0 saturated carbocycles. The minimum absolute atomic E-state index is 0.0342. The number of aromatic nitrogens is 5. The van der Waals surface area contributed by atoms with E-state index in [2.05, 4.69) is 20.1 Å². The fourth-order valence-corrected chi connectivity index (χ4v) is 1.09. The summed E-state index contributed by atoms with van der Waals surface area (Å²) in [4.78, 5) is 21.2. The van der Waals surface area contributed by atoms with Crippen LogP contribution in [0, 0.1) is 6.92 Å². The van der Waals surface area contributed by atoms with Gasteiger partial charge in [0.15, 0.2) is 5.69 Å². The second-order valence-corrected chi connectivity index (χ2v) is 2.66. The molecular weight excluding hydrogens is 186 g/mol. The number of H-pyrrole nitrogens is 1. The third kappa shape index (κ3) is 1.24. The summed E-state index contributed by atoms with van der Waals surface area (Å²) in [6.45, 7) is 1.58. The van der Waals surface area contributed by atoms with Crippen LogP contribution in [0.3, 0.4) is 0 Å². The molecule has 0 unspecified atom stereocenters. The third-order valence-electron chi connectivity index (χ3n) is 1.64. The minimum Gasteiger partial charge on any atom is -0.492 e. The number of aryl methyl sites for hydroxylation is 1. The summed E-state index contributed by atoms with van der Waals surface area (Å²) in [6.07, 6.45) is 2.57. The van der Waals surface area contributed by atoms with Crippen molar-refractivity contribution in [1.29, 1.82) is 0 Å². The van der Waals surface area contributed by atoms with Crippen molar-refractivity contribution in [2.75, 3.05) is 0 Å². The molecule has 0 radical (unpaired) electrons. The van der Waals surface area contributed by atoms with Crippen LogP contribution in [0.5, 0.6) is 5.88 Å². The van der Waals surface area contributed by atoms with Crippen LogP contribution in [0.25, 0.3) is 5.69 Å². The Labute approximate surface area is 78.1 Å². The summed E-state index contributed by atoms with van der Waals surface area (Å²) >= 11 is 0. The number of nitrogens with one attached hydrogen (secondary N) is 1. The van der Waals surface area contributed by atoms with E-state index >= 15 is 0 Å². The molecule has 72 valence electrons. The number of aromatic hydroxyl groups is 1. The van der Waals surface area contributed by atoms with Gasteiger partial charge in [0, 0.05) is 0 Å². The number of aromatic amines is 1. The molecule has 0 aliphatic heterocycles. The third-order valence-corrected chi connectivity index (χ3v) is 1.64. The molecule has 0 aromatic carbocycles. The average molecular weight is 193 g/mol. The lowest BCUT2D eigenvalue weighted by Crippen LogP contribution is -2.17. The van der Waals surface area contributed by atoms with Gasteiger partial charge in [0.2, 0.25) is 5.88 Å². The molecule has 0 fully saturated rings. The van der Waals surface area contributed by atoms with Gasteiger partial charge in [-0.2, -0.15) is 10.1 Å². The topological polar surface area (TPSA) is 96.7 Å². The molecule has 2 N–H and O–H groups in total. The highest BCUT2D eigenvalue weighted by molar-refractivity contribution is 5.36. The first-order chi connectivity index (χ1) is 6.68. The molecule has 7 heteroatoms. The molecular formula is C7H7N5O2. The molecule has 0 atom stereocenters. The number of nitrogens with zero attached hydrogens (tertiary/aromatic N) is 4. The van der Waals surface area contributed by atoms with Crippen LogP contribution in [-0.2, 0) is 0 Å². The van der Waals surface area contributed by atoms with Gasteiger partial charge >= 0.3 is 0 Å². The Kier molecular flexibility index (Phi) is 1.77. The minimum atomic E-state index is -0.458. The summed E-state index contributed by atoms with van der Waals surface area (Å²) in [5.41, 5.74) is -0.492. The van der Waals surface area contributed by atoms with Gasteiger partial charge in [-0.05, 0) is 6.92 Å². The standard InChI is InChI=1S/C7H7N5O2/c1-4-10-6(13)5(7(14)11-4)12-3-8-2-9-12/h2-3H,1H3,(H2,10,11,13,14). The predicted molar refractivity (Wildman–Crippen MR) is 46.2 cm³/mol. The number of hydrogen-bond acceptors (Lipinski definition) is 5. The zero-order valence-electron chi connectivity index (χ0n) is 7.30. The lowest BCUT2D eigenvalue weighted by atomic mass is 10.5. The van der Waals surface area contributed by atoms with Crippen LogP contribution in [-0.4, -0.2) is 29.8 Å². The summed E-state index contributed by atoms with van der Waals surface area (Å²) in [5, 5.41) is 13.1. The maximum absolute atomic E-state index is 11.4. The Morgan fingerprint density at radius 3 is 2.93 bits per heavy atom. The maximum Gasteiger partial charge on any atom is 0.280 e. The van der Waals surface area contributed by atoms with Gasteiger partial charge in [0.25, 0.3) is 5.56 Å². The van der Waals surface area contributed by atoms with Crippen LogP contribution >= 0.6 is 0 Å². The van der Waals surface area contributed by atoms with E-state index < -0.39 is 5.56 Å². The van der Waals surface area contributed by atoms with Gasteiger partial charge in [-0.15, -0.1) is 0 Å². The van der Waals surface area contributed by atoms with Crippen molar-refractivity contribution in [2.24, 2.45) is 0 Å². The second-order valence-electron chi connectivity index (χ2n) is 2.66. The van der Waals surface area contributed by atoms with Crippen molar-refractivity contribution < 1.29 is 5.11 Å². The second kappa shape index (κ2) is 2.95. The van der Waals surface area contributed by atoms with Gasteiger partial charge in [-0.25, -0.2) is 9.67 Å². The van der Waals surface area contributed by atoms with Crippen LogP contribution < -0.4 is 5.56 Å². The Hall–Kier alpha value is -2.18. The molecule has 14 heavy (non-hydrogen) atoms. The molecule has 2 heterocycles. The first-order valence-corrected chi connectivity index (χ1v) is 3.83. The first kappa shape index (κ1) is 8.42. The summed E-state index contributed by atoms with van der Waals surface area (Å²) < 4.78 is 1.15. The molecule has 2 aromatic rings. The van der Waals surface area contributed by atoms with E-state index in [0.717, 1.165) is 4.68 Å². The zero-order chi connectivity index (χ0) is 10.1. The van der Waals surface area contributed by atoms with E-state index in [1.165, 1.54) is 12.7 Å². The highest BCUT2D eigenvalue weighted by Gasteiger charge is 2.11. The summed E-state index contributed by atoms with van der Waals surface area (Å²) in [7, 11) is 0. The maximum atomic E-state index is 11.4. The van der Waals surface area contributed by atoms with Crippen LogP contribution in [0.2, 0.25) is 0 Å². The lowest BCUT2D eigenvalue weighted by Gasteiger charge is -2.01. The van der Waals surface area contributed by atoms with Crippen molar-refractivity contribution in [3.05, 3.63) is 28.8 Å². The Balaban J connectivity index is 2.71. The highest BCUT2D eigenvalue weighted by Crippen LogP contribution is 2.11. The van der Waals surface area contributed by atoms with Gasteiger partial charge in [0.1, 0.15) is 18.5 Å². The highest BCUT2D eigenvalue weighted by atomic mass is 16.3. The van der Waals surface area contributed by atoms with Crippen LogP contribution in [0.1, 0.15) is 5.82 Å². The first-order valence-electron chi connectivity index (χ1n) is 3.83. The Morgan fingerprint density at radius 1 is 1.57 bits per heavy atom. The molecule has 2 aromatic heterocycles. The van der Waals surface area contributed by atoms with Crippen molar-refractivity contribution in [3.8, 4) is 11.6 Å². The molecule has 0 amide bonds. The van der Waals surface area contributed by atoms with Crippen molar-refractivity contribution in [1.82, 2.24) is 24.7 Å². The summed E-state index contributed by atoms with van der Waals surface area (Å²) in [5.74, 6) is -0.0203. The van der Waals surface area contributed by atoms with Crippen LogP contribution in [0.15, 0.2) is 17.4 Å². The molecule has 2 rings (SSSR count). The average Bonchev–Trinajstić information content (AvgIpc) is 2.54. The van der Waals surface area contributed by atoms with Crippen molar-refractivity contribution in [2.45, 2.75) is 6.92 Å². The van der Waals surface area contributed by atoms with E-state index in [1.54, 1.807) is 6.92 Å². The number of hydrogen-bond donors (Lipinski definition) is 2. The van der Waals surface area contributed by atoms with Crippen molar-refractivity contribution in [3.63, 3.8) is 0 Å². The van der Waals surface area contributed by atoms with Gasteiger partial charge in [0.05, 0.1) is 0 Å². The fourth-order valence-electron chi connectivity index (χ4n) is 1.09. The molecule has 0 bridgehead atoms. The van der Waals surface area contributed by atoms with E-state index in [0.29, 0.717) is 5.82 Å². The lowest BCUT2D eigenvalue weighted by molar-refractivity contribution is 0.443. The van der Waals surface area contributed by atoms with E-state index in [9.17, 15) is 9.90 Å². The van der Waals surface area contributed by atoms with E-state index in [1.807, 2.05) is 0 Å². The van der Waals surface area contributed by atoms with Gasteiger partial charge < -0.3 is 10.1 Å². The van der Waals surface area contributed by atoms with E-state index in [4.69, 9.17) is 0 Å². The van der Waals surface area contributed by atoms with Gasteiger partial charge in [-0.3, -0.25) is 4.79 Å². The van der Waals surface area contributed by atoms with Crippen LogP contribution in [0.4, 0.5) is 0 Å². The van der Waals surface area contributed by atoms with Crippen molar-refractivity contribution >= 4 is 0 Å². The predicted octanol–water partition coefficient (Wildman–Crippen LogP) is -0.635. The molecule has 7 nitrogen and oxygen atoms in total. The largest absolute Gasteiger partial charge is 0.492 e. The molecule has 0 spiro atoms. The molecule has 0 aliphatic rings. The Morgan fingerprint density at radius 2 is 2.36 bits per heavy atom. The molecule has 0 saturated heterocycles. The van der Waals surface area contributed by atoms with Gasteiger partial charge in [-0.1, -0.05) is 0 Å². The molecule has 0 aliphatic carbocycles. The quantitative estimate of drug-likeness (QED) is 0.628.